The van der Waals surface area contributed by atoms with Crippen LogP contribution in [0, 0.1) is 13.8 Å². The highest BCUT2D eigenvalue weighted by molar-refractivity contribution is 6.02. The van der Waals surface area contributed by atoms with Crippen LogP contribution in [-0.4, -0.2) is 12.5 Å². The Bertz CT molecular complexity index is 850. The third-order valence-corrected chi connectivity index (χ3v) is 3.75. The van der Waals surface area contributed by atoms with E-state index < -0.39 is 0 Å². The van der Waals surface area contributed by atoms with Crippen molar-refractivity contribution in [3.8, 4) is 5.75 Å². The summed E-state index contributed by atoms with van der Waals surface area (Å²) in [5, 5.41) is 5.04. The molecule has 0 aliphatic rings. The van der Waals surface area contributed by atoms with Crippen molar-refractivity contribution in [1.82, 2.24) is 0 Å². The van der Waals surface area contributed by atoms with Gasteiger partial charge in [-0.15, -0.1) is 0 Å². The van der Waals surface area contributed by atoms with Gasteiger partial charge in [-0.1, -0.05) is 54.1 Å². The van der Waals surface area contributed by atoms with E-state index in [2.05, 4.69) is 5.32 Å². The molecule has 0 heterocycles. The number of hydrogen-bond acceptors (Lipinski definition) is 2. The fourth-order valence-corrected chi connectivity index (χ4v) is 2.63. The molecule has 3 heteroatoms. The summed E-state index contributed by atoms with van der Waals surface area (Å²) in [6, 6.07) is 19.7. The van der Waals surface area contributed by atoms with Crippen molar-refractivity contribution in [2.45, 2.75) is 13.8 Å². The van der Waals surface area contributed by atoms with E-state index >= 15 is 0 Å². The van der Waals surface area contributed by atoms with Gasteiger partial charge in [-0.25, -0.2) is 0 Å². The van der Waals surface area contributed by atoms with Gasteiger partial charge >= 0.3 is 0 Å². The van der Waals surface area contributed by atoms with Gasteiger partial charge < -0.3 is 10.1 Å². The summed E-state index contributed by atoms with van der Waals surface area (Å²) in [7, 11) is 0. The van der Waals surface area contributed by atoms with E-state index in [4.69, 9.17) is 4.74 Å². The van der Waals surface area contributed by atoms with E-state index in [-0.39, 0.29) is 12.5 Å². The minimum Gasteiger partial charge on any atom is -0.483 e. The van der Waals surface area contributed by atoms with Crippen LogP contribution < -0.4 is 10.1 Å². The smallest absolute Gasteiger partial charge is 0.262 e. The lowest BCUT2D eigenvalue weighted by atomic mass is 10.1. The van der Waals surface area contributed by atoms with Crippen LogP contribution in [0.3, 0.4) is 0 Å². The van der Waals surface area contributed by atoms with Gasteiger partial charge in [0.25, 0.3) is 5.91 Å². The molecule has 116 valence electrons. The Kier molecular flexibility index (Phi) is 4.29. The summed E-state index contributed by atoms with van der Waals surface area (Å²) in [4.78, 5) is 12.2. The largest absolute Gasteiger partial charge is 0.483 e. The molecule has 0 bridgehead atoms. The van der Waals surface area contributed by atoms with Gasteiger partial charge in [-0.2, -0.15) is 0 Å². The van der Waals surface area contributed by atoms with Crippen molar-refractivity contribution in [2.24, 2.45) is 0 Å². The Hall–Kier alpha value is -2.81. The molecule has 0 unspecified atom stereocenters. The Morgan fingerprint density at radius 3 is 2.61 bits per heavy atom. The highest BCUT2D eigenvalue weighted by Crippen LogP contribution is 2.23. The second-order valence-corrected chi connectivity index (χ2v) is 5.63. The van der Waals surface area contributed by atoms with Gasteiger partial charge in [0.15, 0.2) is 6.61 Å². The van der Waals surface area contributed by atoms with Crippen molar-refractivity contribution < 1.29 is 9.53 Å². The summed E-state index contributed by atoms with van der Waals surface area (Å²) in [5.41, 5.74) is 3.01. The van der Waals surface area contributed by atoms with Crippen LogP contribution in [0.15, 0.2) is 60.7 Å². The average Bonchev–Trinajstić information content (AvgIpc) is 2.54. The lowest BCUT2D eigenvalue weighted by Gasteiger charge is -2.11. The van der Waals surface area contributed by atoms with Crippen molar-refractivity contribution in [3.63, 3.8) is 0 Å². The molecular formula is C20H19NO2. The van der Waals surface area contributed by atoms with Crippen LogP contribution in [0.25, 0.3) is 10.8 Å². The molecule has 1 N–H and O–H groups in total. The summed E-state index contributed by atoms with van der Waals surface area (Å²) in [6.07, 6.45) is 0. The maximum Gasteiger partial charge on any atom is 0.262 e. The molecule has 0 radical (unpaired) electrons. The number of benzene rings is 3. The maximum absolute atomic E-state index is 12.2. The number of aryl methyl sites for hydroxylation is 2. The quantitative estimate of drug-likeness (QED) is 0.772. The zero-order chi connectivity index (χ0) is 16.2. The van der Waals surface area contributed by atoms with E-state index in [1.54, 1.807) is 0 Å². The summed E-state index contributed by atoms with van der Waals surface area (Å²) in [6.45, 7) is 4.00. The monoisotopic (exact) mass is 305 g/mol. The molecule has 1 amide bonds. The Morgan fingerprint density at radius 1 is 1.00 bits per heavy atom. The highest BCUT2D eigenvalue weighted by atomic mass is 16.5. The number of carbonyl (C=O) groups excluding carboxylic acids is 1. The fraction of sp³-hybridized carbons (Fsp3) is 0.150. The highest BCUT2D eigenvalue weighted by Gasteiger charge is 2.07. The molecule has 0 aromatic heterocycles. The molecule has 0 spiro atoms. The van der Waals surface area contributed by atoms with E-state index in [1.165, 1.54) is 5.56 Å². The molecule has 3 rings (SSSR count). The normalized spacial score (nSPS) is 10.5. The van der Waals surface area contributed by atoms with Crippen LogP contribution in [-0.2, 0) is 4.79 Å². The first kappa shape index (κ1) is 15.1. The molecular weight excluding hydrogens is 286 g/mol. The predicted molar refractivity (Wildman–Crippen MR) is 94.0 cm³/mol. The van der Waals surface area contributed by atoms with Crippen molar-refractivity contribution in [2.75, 3.05) is 11.9 Å². The average molecular weight is 305 g/mol. The summed E-state index contributed by atoms with van der Waals surface area (Å²) >= 11 is 0. The Morgan fingerprint density at radius 2 is 1.78 bits per heavy atom. The molecule has 0 saturated heterocycles. The number of anilines is 1. The first-order valence-corrected chi connectivity index (χ1v) is 7.61. The summed E-state index contributed by atoms with van der Waals surface area (Å²) in [5.74, 6) is 0.574. The predicted octanol–water partition coefficient (Wildman–Crippen LogP) is 4.47. The minimum absolute atomic E-state index is 0.00682. The first-order chi connectivity index (χ1) is 11.1. The van der Waals surface area contributed by atoms with E-state index in [0.717, 1.165) is 27.8 Å². The topological polar surface area (TPSA) is 38.3 Å². The van der Waals surface area contributed by atoms with Gasteiger partial charge in [-0.3, -0.25) is 4.79 Å². The van der Waals surface area contributed by atoms with E-state index in [0.29, 0.717) is 0 Å². The van der Waals surface area contributed by atoms with Gasteiger partial charge in [0.2, 0.25) is 0 Å². The zero-order valence-electron chi connectivity index (χ0n) is 13.3. The third kappa shape index (κ3) is 3.51. The number of fused-ring (bicyclic) bond motifs is 1. The Balaban J connectivity index is 1.69. The lowest BCUT2D eigenvalue weighted by Crippen LogP contribution is -2.20. The van der Waals surface area contributed by atoms with E-state index in [9.17, 15) is 4.79 Å². The molecule has 0 atom stereocenters. The second kappa shape index (κ2) is 6.53. The van der Waals surface area contributed by atoms with Crippen molar-refractivity contribution in [1.29, 1.82) is 0 Å². The molecule has 3 nitrogen and oxygen atoms in total. The number of rotatable bonds is 4. The van der Waals surface area contributed by atoms with Crippen LogP contribution in [0.1, 0.15) is 11.1 Å². The third-order valence-electron chi connectivity index (χ3n) is 3.75. The molecule has 3 aromatic rings. The molecule has 0 aliphatic heterocycles. The van der Waals surface area contributed by atoms with E-state index in [1.807, 2.05) is 74.5 Å². The molecule has 0 fully saturated rings. The van der Waals surface area contributed by atoms with Crippen LogP contribution in [0.4, 0.5) is 5.69 Å². The van der Waals surface area contributed by atoms with Crippen LogP contribution in [0.2, 0.25) is 0 Å². The summed E-state index contributed by atoms with van der Waals surface area (Å²) < 4.78 is 5.63. The van der Waals surface area contributed by atoms with Crippen LogP contribution in [0.5, 0.6) is 5.75 Å². The maximum atomic E-state index is 12.2. The SMILES string of the molecule is Cc1ccc(OCC(=O)Nc2cccc3ccccc23)c(C)c1. The minimum atomic E-state index is -0.165. The van der Waals surface area contributed by atoms with Crippen molar-refractivity contribution in [3.05, 3.63) is 71.8 Å². The van der Waals surface area contributed by atoms with Gasteiger partial charge in [-0.05, 0) is 36.9 Å². The molecule has 0 aliphatic carbocycles. The van der Waals surface area contributed by atoms with Crippen molar-refractivity contribution >= 4 is 22.4 Å². The van der Waals surface area contributed by atoms with Gasteiger partial charge in [0.1, 0.15) is 5.75 Å². The fourth-order valence-electron chi connectivity index (χ4n) is 2.63. The number of carbonyl (C=O) groups is 1. The first-order valence-electron chi connectivity index (χ1n) is 7.61. The standard InChI is InChI=1S/C20H19NO2/c1-14-10-11-19(15(2)12-14)23-13-20(22)21-18-9-5-7-16-6-3-4-8-17(16)18/h3-12H,13H2,1-2H3,(H,21,22). The van der Waals surface area contributed by atoms with Gasteiger partial charge in [0.05, 0.1) is 0 Å². The molecule has 3 aromatic carbocycles. The molecule has 23 heavy (non-hydrogen) atoms. The Labute approximate surface area is 135 Å². The second-order valence-electron chi connectivity index (χ2n) is 5.63. The molecule has 0 saturated carbocycles. The number of ether oxygens (including phenoxy) is 1. The van der Waals surface area contributed by atoms with Gasteiger partial charge in [0, 0.05) is 11.1 Å². The number of amides is 1. The van der Waals surface area contributed by atoms with Crippen LogP contribution >= 0.6 is 0 Å². The lowest BCUT2D eigenvalue weighted by molar-refractivity contribution is -0.118. The number of nitrogens with one attached hydrogen (secondary N) is 1. The number of hydrogen-bond donors (Lipinski definition) is 1. The zero-order valence-corrected chi connectivity index (χ0v) is 13.3.